The molecule has 1 N–H and O–H groups in total. The van der Waals surface area contributed by atoms with E-state index in [4.69, 9.17) is 0 Å². The van der Waals surface area contributed by atoms with Crippen molar-refractivity contribution in [3.8, 4) is 0 Å². The van der Waals surface area contributed by atoms with Crippen LogP contribution < -0.4 is 5.32 Å². The van der Waals surface area contributed by atoms with Crippen LogP contribution in [0.5, 0.6) is 0 Å². The summed E-state index contributed by atoms with van der Waals surface area (Å²) in [5, 5.41) is 2.99. The first-order valence-corrected chi connectivity index (χ1v) is 7.67. The molecule has 1 rings (SSSR count). The SMILES string of the molecule is CN(C)CC(C)(C)CNC(=O)c1cc(Br)cc(Br)c1. The maximum atomic E-state index is 12.1. The van der Waals surface area contributed by atoms with Crippen LogP contribution in [0.3, 0.4) is 0 Å². The Kier molecular flexibility index (Phi) is 6.02. The van der Waals surface area contributed by atoms with Gasteiger partial charge in [-0.05, 0) is 37.7 Å². The van der Waals surface area contributed by atoms with Crippen molar-refractivity contribution in [2.24, 2.45) is 5.41 Å². The summed E-state index contributed by atoms with van der Waals surface area (Å²) in [6.45, 7) is 5.86. The van der Waals surface area contributed by atoms with Crippen LogP contribution in [0.2, 0.25) is 0 Å². The topological polar surface area (TPSA) is 32.3 Å². The zero-order chi connectivity index (χ0) is 14.6. The van der Waals surface area contributed by atoms with E-state index in [0.29, 0.717) is 12.1 Å². The molecule has 0 aliphatic carbocycles. The molecule has 0 atom stereocenters. The minimum absolute atomic E-state index is 0.0441. The van der Waals surface area contributed by atoms with Gasteiger partial charge in [0.1, 0.15) is 0 Å². The second-order valence-corrected chi connectivity index (χ2v) is 7.57. The molecule has 0 bridgehead atoms. The zero-order valence-corrected chi connectivity index (χ0v) is 14.9. The summed E-state index contributed by atoms with van der Waals surface area (Å²) in [6, 6.07) is 5.55. The van der Waals surface area contributed by atoms with E-state index < -0.39 is 0 Å². The van der Waals surface area contributed by atoms with E-state index in [-0.39, 0.29) is 11.3 Å². The predicted octanol–water partition coefficient (Wildman–Crippen LogP) is 3.53. The molecule has 1 aromatic rings. The van der Waals surface area contributed by atoms with E-state index in [1.807, 2.05) is 32.3 Å². The Morgan fingerprint density at radius 2 is 1.74 bits per heavy atom. The third-order valence-electron chi connectivity index (χ3n) is 2.60. The second-order valence-electron chi connectivity index (χ2n) is 5.74. The molecule has 0 aliphatic rings. The van der Waals surface area contributed by atoms with Gasteiger partial charge in [0, 0.05) is 27.6 Å². The standard InChI is InChI=1S/C14H20Br2N2O/c1-14(2,9-18(3)4)8-17-13(19)10-5-11(15)7-12(16)6-10/h5-7H,8-9H2,1-4H3,(H,17,19). The molecule has 0 unspecified atom stereocenters. The lowest BCUT2D eigenvalue weighted by atomic mass is 9.93. The highest BCUT2D eigenvalue weighted by Crippen LogP contribution is 2.20. The molecule has 0 fully saturated rings. The van der Waals surface area contributed by atoms with Gasteiger partial charge in [-0.2, -0.15) is 0 Å². The van der Waals surface area contributed by atoms with Gasteiger partial charge in [-0.25, -0.2) is 0 Å². The van der Waals surface area contributed by atoms with E-state index >= 15 is 0 Å². The lowest BCUT2D eigenvalue weighted by molar-refractivity contribution is 0.0929. The van der Waals surface area contributed by atoms with Crippen molar-refractivity contribution in [2.75, 3.05) is 27.2 Å². The van der Waals surface area contributed by atoms with Crippen LogP contribution >= 0.6 is 31.9 Å². The van der Waals surface area contributed by atoms with Crippen LogP contribution in [0, 0.1) is 5.41 Å². The summed E-state index contributed by atoms with van der Waals surface area (Å²) in [7, 11) is 4.07. The lowest BCUT2D eigenvalue weighted by Crippen LogP contribution is -2.39. The van der Waals surface area contributed by atoms with Crippen molar-refractivity contribution in [3.05, 3.63) is 32.7 Å². The molecular formula is C14H20Br2N2O. The van der Waals surface area contributed by atoms with Crippen LogP contribution in [-0.4, -0.2) is 38.0 Å². The first kappa shape index (κ1) is 16.7. The fourth-order valence-electron chi connectivity index (χ4n) is 2.02. The molecule has 0 saturated heterocycles. The molecule has 0 aliphatic heterocycles. The molecule has 3 nitrogen and oxygen atoms in total. The third-order valence-corrected chi connectivity index (χ3v) is 3.51. The van der Waals surface area contributed by atoms with Gasteiger partial charge in [0.15, 0.2) is 0 Å². The van der Waals surface area contributed by atoms with Crippen molar-refractivity contribution >= 4 is 37.8 Å². The average Bonchev–Trinajstić information content (AvgIpc) is 2.22. The molecule has 1 amide bonds. The summed E-state index contributed by atoms with van der Waals surface area (Å²) < 4.78 is 1.78. The quantitative estimate of drug-likeness (QED) is 0.832. The smallest absolute Gasteiger partial charge is 0.251 e. The number of carbonyl (C=O) groups is 1. The summed E-state index contributed by atoms with van der Waals surface area (Å²) in [5.74, 6) is -0.0474. The van der Waals surface area contributed by atoms with Gasteiger partial charge in [-0.15, -0.1) is 0 Å². The number of benzene rings is 1. The summed E-state index contributed by atoms with van der Waals surface area (Å²) in [6.07, 6.45) is 0. The Bertz CT molecular complexity index is 439. The molecule has 5 heteroatoms. The van der Waals surface area contributed by atoms with Gasteiger partial charge >= 0.3 is 0 Å². The molecule has 0 aromatic heterocycles. The van der Waals surface area contributed by atoms with Crippen molar-refractivity contribution < 1.29 is 4.79 Å². The fraction of sp³-hybridized carbons (Fsp3) is 0.500. The van der Waals surface area contributed by atoms with Crippen molar-refractivity contribution in [1.82, 2.24) is 10.2 Å². The van der Waals surface area contributed by atoms with Gasteiger partial charge in [-0.3, -0.25) is 4.79 Å². The monoisotopic (exact) mass is 390 g/mol. The van der Waals surface area contributed by atoms with E-state index in [2.05, 4.69) is 55.9 Å². The Labute approximate surface area is 132 Å². The number of rotatable bonds is 5. The Hall–Kier alpha value is -0.390. The first-order valence-electron chi connectivity index (χ1n) is 6.09. The van der Waals surface area contributed by atoms with Gasteiger partial charge in [0.25, 0.3) is 5.91 Å². The number of amides is 1. The summed E-state index contributed by atoms with van der Waals surface area (Å²) >= 11 is 6.78. The van der Waals surface area contributed by atoms with Crippen LogP contribution in [0.25, 0.3) is 0 Å². The summed E-state index contributed by atoms with van der Waals surface area (Å²) in [4.78, 5) is 14.2. The number of halogens is 2. The predicted molar refractivity (Wildman–Crippen MR) is 86.5 cm³/mol. The Balaban J connectivity index is 2.65. The zero-order valence-electron chi connectivity index (χ0n) is 11.8. The highest BCUT2D eigenvalue weighted by atomic mass is 79.9. The molecule has 106 valence electrons. The van der Waals surface area contributed by atoms with Crippen LogP contribution in [0.15, 0.2) is 27.1 Å². The van der Waals surface area contributed by atoms with Crippen molar-refractivity contribution in [3.63, 3.8) is 0 Å². The van der Waals surface area contributed by atoms with Crippen molar-refractivity contribution in [2.45, 2.75) is 13.8 Å². The third kappa shape index (κ3) is 6.06. The number of nitrogens with zero attached hydrogens (tertiary/aromatic N) is 1. The highest BCUT2D eigenvalue weighted by Gasteiger charge is 2.20. The van der Waals surface area contributed by atoms with E-state index in [1.54, 1.807) is 0 Å². The Morgan fingerprint density at radius 1 is 1.21 bits per heavy atom. The normalized spacial score (nSPS) is 11.7. The molecule has 19 heavy (non-hydrogen) atoms. The minimum atomic E-state index is -0.0474. The van der Waals surface area contributed by atoms with Gasteiger partial charge in [0.2, 0.25) is 0 Å². The molecule has 0 saturated carbocycles. The fourth-order valence-corrected chi connectivity index (χ4v) is 3.31. The molecule has 0 radical (unpaired) electrons. The van der Waals surface area contributed by atoms with E-state index in [0.717, 1.165) is 15.5 Å². The number of hydrogen-bond donors (Lipinski definition) is 1. The van der Waals surface area contributed by atoms with E-state index in [1.165, 1.54) is 0 Å². The van der Waals surface area contributed by atoms with Crippen LogP contribution in [0.1, 0.15) is 24.2 Å². The minimum Gasteiger partial charge on any atom is -0.351 e. The van der Waals surface area contributed by atoms with E-state index in [9.17, 15) is 4.79 Å². The number of carbonyl (C=O) groups excluding carboxylic acids is 1. The molecule has 0 heterocycles. The maximum Gasteiger partial charge on any atom is 0.251 e. The first-order chi connectivity index (χ1) is 8.69. The number of hydrogen-bond acceptors (Lipinski definition) is 2. The average molecular weight is 392 g/mol. The van der Waals surface area contributed by atoms with Gasteiger partial charge in [0.05, 0.1) is 0 Å². The van der Waals surface area contributed by atoms with Crippen LogP contribution in [-0.2, 0) is 0 Å². The molecular weight excluding hydrogens is 372 g/mol. The molecule has 1 aromatic carbocycles. The summed E-state index contributed by atoms with van der Waals surface area (Å²) in [5.41, 5.74) is 0.699. The lowest BCUT2D eigenvalue weighted by Gasteiger charge is -2.28. The second kappa shape index (κ2) is 6.86. The number of nitrogens with one attached hydrogen (secondary N) is 1. The highest BCUT2D eigenvalue weighted by molar-refractivity contribution is 9.11. The van der Waals surface area contributed by atoms with Gasteiger partial charge in [-0.1, -0.05) is 45.7 Å². The van der Waals surface area contributed by atoms with Crippen molar-refractivity contribution in [1.29, 1.82) is 0 Å². The van der Waals surface area contributed by atoms with Gasteiger partial charge < -0.3 is 10.2 Å². The Morgan fingerprint density at radius 3 is 2.21 bits per heavy atom. The largest absolute Gasteiger partial charge is 0.351 e. The maximum absolute atomic E-state index is 12.1. The molecule has 0 spiro atoms. The van der Waals surface area contributed by atoms with Crippen LogP contribution in [0.4, 0.5) is 0 Å².